The molecule has 1 aromatic carbocycles. The molecule has 0 spiro atoms. The SMILES string of the molecule is COC(=O)c1cccc([NH-])c1.[Pr]. The first-order valence-corrected chi connectivity index (χ1v) is 3.14. The predicted octanol–water partition coefficient (Wildman–Crippen LogP) is 2.16. The van der Waals surface area contributed by atoms with E-state index in [1.165, 1.54) is 13.2 Å². The summed E-state index contributed by atoms with van der Waals surface area (Å²) in [6.07, 6.45) is 0. The average Bonchev–Trinajstić information content (AvgIpc) is 2.03. The van der Waals surface area contributed by atoms with E-state index in [4.69, 9.17) is 5.73 Å². The van der Waals surface area contributed by atoms with Crippen LogP contribution < -0.4 is 0 Å². The number of carbonyl (C=O) groups is 1. The van der Waals surface area contributed by atoms with E-state index in [1.807, 2.05) is 0 Å². The Labute approximate surface area is 104 Å². The van der Waals surface area contributed by atoms with Crippen LogP contribution in [0.1, 0.15) is 10.4 Å². The normalized spacial score (nSPS) is 8.42. The predicted molar refractivity (Wildman–Crippen MR) is 41.8 cm³/mol. The maximum Gasteiger partial charge on any atom is 0.337 e. The minimum absolute atomic E-state index is 0. The van der Waals surface area contributed by atoms with Crippen LogP contribution in [0, 0.1) is 41.3 Å². The van der Waals surface area contributed by atoms with Crippen LogP contribution in [0.5, 0.6) is 0 Å². The van der Waals surface area contributed by atoms with Gasteiger partial charge in [-0.25, -0.2) is 4.79 Å². The zero-order chi connectivity index (χ0) is 8.27. The fraction of sp³-hybridized carbons (Fsp3) is 0.125. The van der Waals surface area contributed by atoms with E-state index in [-0.39, 0.29) is 41.3 Å². The van der Waals surface area contributed by atoms with Gasteiger partial charge in [-0.3, -0.25) is 0 Å². The van der Waals surface area contributed by atoms with Gasteiger partial charge in [0.1, 0.15) is 0 Å². The van der Waals surface area contributed by atoms with Crippen LogP contribution in [-0.2, 0) is 4.74 Å². The number of hydrogen-bond donors (Lipinski definition) is 0. The number of hydrogen-bond acceptors (Lipinski definition) is 2. The van der Waals surface area contributed by atoms with Crippen molar-refractivity contribution in [2.45, 2.75) is 0 Å². The fourth-order valence-corrected chi connectivity index (χ4v) is 0.764. The smallest absolute Gasteiger partial charge is 0.337 e. The molecular weight excluding hydrogens is 283 g/mol. The summed E-state index contributed by atoms with van der Waals surface area (Å²) in [6.45, 7) is 0. The number of carbonyl (C=O) groups excluding carboxylic acids is 1. The zero-order valence-corrected chi connectivity index (χ0v) is 10.4. The van der Waals surface area contributed by atoms with Crippen molar-refractivity contribution in [3.63, 3.8) is 0 Å². The van der Waals surface area contributed by atoms with Gasteiger partial charge >= 0.3 is 5.97 Å². The molecule has 0 aliphatic rings. The van der Waals surface area contributed by atoms with Crippen molar-refractivity contribution in [1.82, 2.24) is 0 Å². The van der Waals surface area contributed by atoms with Crippen LogP contribution in [0.3, 0.4) is 0 Å². The molecule has 0 unspecified atom stereocenters. The number of nitrogens with one attached hydrogen (secondary N) is 1. The van der Waals surface area contributed by atoms with Gasteiger partial charge in [-0.15, -0.1) is 5.69 Å². The van der Waals surface area contributed by atoms with Gasteiger partial charge in [0.15, 0.2) is 0 Å². The third-order valence-electron chi connectivity index (χ3n) is 1.28. The molecule has 0 atom stereocenters. The molecule has 1 aromatic rings. The van der Waals surface area contributed by atoms with Gasteiger partial charge in [-0.05, 0) is 6.07 Å². The second kappa shape index (κ2) is 5.49. The maximum atomic E-state index is 10.9. The minimum atomic E-state index is -0.404. The summed E-state index contributed by atoms with van der Waals surface area (Å²) in [5.74, 6) is -0.404. The van der Waals surface area contributed by atoms with Gasteiger partial charge < -0.3 is 10.5 Å². The van der Waals surface area contributed by atoms with Crippen LogP contribution in [0.4, 0.5) is 5.69 Å². The number of ether oxygens (including phenoxy) is 1. The summed E-state index contributed by atoms with van der Waals surface area (Å²) in [5, 5.41) is 0. The summed E-state index contributed by atoms with van der Waals surface area (Å²) in [4.78, 5) is 10.9. The monoisotopic (exact) mass is 291 g/mol. The van der Waals surface area contributed by atoms with Crippen LogP contribution in [0.15, 0.2) is 24.3 Å². The fourth-order valence-electron chi connectivity index (χ4n) is 0.764. The van der Waals surface area contributed by atoms with Gasteiger partial charge in [0.2, 0.25) is 0 Å². The maximum absolute atomic E-state index is 10.9. The van der Waals surface area contributed by atoms with Crippen molar-refractivity contribution in [2.24, 2.45) is 0 Å². The van der Waals surface area contributed by atoms with Gasteiger partial charge in [0.05, 0.1) is 12.7 Å². The third kappa shape index (κ3) is 3.07. The van der Waals surface area contributed by atoms with Crippen molar-refractivity contribution in [3.8, 4) is 0 Å². The number of rotatable bonds is 1. The van der Waals surface area contributed by atoms with Crippen molar-refractivity contribution in [3.05, 3.63) is 35.6 Å². The Kier molecular flexibility index (Phi) is 5.42. The molecule has 0 saturated carbocycles. The quantitative estimate of drug-likeness (QED) is 0.744. The molecule has 4 heteroatoms. The summed E-state index contributed by atoms with van der Waals surface area (Å²) in [6, 6.07) is 6.33. The molecule has 0 heterocycles. The molecule has 3 nitrogen and oxygen atoms in total. The molecule has 61 valence electrons. The Balaban J connectivity index is 0.00000121. The largest absolute Gasteiger partial charge is 0.699 e. The van der Waals surface area contributed by atoms with Gasteiger partial charge in [0, 0.05) is 41.3 Å². The van der Waals surface area contributed by atoms with Crippen molar-refractivity contribution < 1.29 is 50.8 Å². The molecule has 1 N–H and O–H groups in total. The van der Waals surface area contributed by atoms with E-state index in [0.717, 1.165) is 0 Å². The molecule has 0 saturated heterocycles. The van der Waals surface area contributed by atoms with Crippen LogP contribution in [0.25, 0.3) is 5.73 Å². The zero-order valence-electron chi connectivity index (χ0n) is 6.70. The summed E-state index contributed by atoms with van der Waals surface area (Å²) in [5.41, 5.74) is 7.93. The number of esters is 1. The van der Waals surface area contributed by atoms with E-state index >= 15 is 0 Å². The number of benzene rings is 1. The van der Waals surface area contributed by atoms with Gasteiger partial charge in [0.25, 0.3) is 0 Å². The van der Waals surface area contributed by atoms with Crippen LogP contribution in [-0.4, -0.2) is 13.1 Å². The summed E-state index contributed by atoms with van der Waals surface area (Å²) >= 11 is 0. The minimum Gasteiger partial charge on any atom is -0.699 e. The molecule has 0 aliphatic carbocycles. The standard InChI is InChI=1S/C8H8NO2.Pr/c1-11-8(10)6-3-2-4-7(9)5-6;/h2-5,9H,1H3;/q-1;. The molecule has 0 aliphatic heterocycles. The average molecular weight is 291 g/mol. The van der Waals surface area contributed by atoms with E-state index in [0.29, 0.717) is 11.3 Å². The number of methoxy groups -OCH3 is 1. The first kappa shape index (κ1) is 11.9. The Hall–Kier alpha value is -0.146. The Bertz CT molecular complexity index is 276. The van der Waals surface area contributed by atoms with Crippen molar-refractivity contribution >= 4 is 11.7 Å². The van der Waals surface area contributed by atoms with Crippen molar-refractivity contribution in [2.75, 3.05) is 7.11 Å². The van der Waals surface area contributed by atoms with E-state index in [2.05, 4.69) is 4.74 Å². The molecule has 0 fully saturated rings. The first-order chi connectivity index (χ1) is 5.24. The topological polar surface area (TPSA) is 50.1 Å². The van der Waals surface area contributed by atoms with Crippen LogP contribution >= 0.6 is 0 Å². The second-order valence-electron chi connectivity index (χ2n) is 2.07. The van der Waals surface area contributed by atoms with Gasteiger partial charge in [-0.1, -0.05) is 18.2 Å². The Morgan fingerprint density at radius 1 is 1.50 bits per heavy atom. The summed E-state index contributed by atoms with van der Waals surface area (Å²) in [7, 11) is 1.32. The summed E-state index contributed by atoms with van der Waals surface area (Å²) < 4.78 is 4.47. The molecule has 12 heavy (non-hydrogen) atoms. The molecule has 0 bridgehead atoms. The Morgan fingerprint density at radius 2 is 2.17 bits per heavy atom. The van der Waals surface area contributed by atoms with Crippen LogP contribution in [0.2, 0.25) is 0 Å². The van der Waals surface area contributed by atoms with E-state index in [9.17, 15) is 4.79 Å². The molecule has 1 rings (SSSR count). The molecule has 0 aromatic heterocycles. The molecule has 1 radical (unpaired) electrons. The van der Waals surface area contributed by atoms with E-state index < -0.39 is 5.97 Å². The van der Waals surface area contributed by atoms with Crippen molar-refractivity contribution in [1.29, 1.82) is 0 Å². The van der Waals surface area contributed by atoms with E-state index in [1.54, 1.807) is 18.2 Å². The molecular formula is C8H8NO2Pr-. The molecule has 0 amide bonds. The Morgan fingerprint density at radius 3 is 2.67 bits per heavy atom. The third-order valence-corrected chi connectivity index (χ3v) is 1.28. The second-order valence-corrected chi connectivity index (χ2v) is 2.07. The first-order valence-electron chi connectivity index (χ1n) is 3.14. The van der Waals surface area contributed by atoms with Gasteiger partial charge in [-0.2, -0.15) is 0 Å².